The highest BCUT2D eigenvalue weighted by Gasteiger charge is 2.35. The van der Waals surface area contributed by atoms with E-state index in [0.29, 0.717) is 18.9 Å². The second-order valence-corrected chi connectivity index (χ2v) is 6.40. The number of amides is 1. The Hall–Kier alpha value is -2.38. The van der Waals surface area contributed by atoms with Gasteiger partial charge < -0.3 is 19.5 Å². The number of aryl methyl sites for hydroxylation is 1. The minimum atomic E-state index is -1.25. The van der Waals surface area contributed by atoms with E-state index in [-0.39, 0.29) is 32.2 Å². The van der Waals surface area contributed by atoms with Gasteiger partial charge in [-0.2, -0.15) is 5.10 Å². The van der Waals surface area contributed by atoms with Crippen LogP contribution in [0.1, 0.15) is 5.56 Å². The van der Waals surface area contributed by atoms with Crippen LogP contribution < -0.4 is 4.74 Å². The Morgan fingerprint density at radius 3 is 2.92 bits per heavy atom. The van der Waals surface area contributed by atoms with Crippen molar-refractivity contribution >= 4 is 5.91 Å². The zero-order valence-corrected chi connectivity index (χ0v) is 14.3. The second-order valence-electron chi connectivity index (χ2n) is 6.40. The molecule has 0 bridgehead atoms. The van der Waals surface area contributed by atoms with Crippen molar-refractivity contribution in [1.82, 2.24) is 14.7 Å². The van der Waals surface area contributed by atoms with Crippen molar-refractivity contribution in [2.45, 2.75) is 19.1 Å². The standard InChI is InChI=1S/C18H23N3O4/c1-15-3-5-16(6-4-15)25-14-18(23)12-20(9-10-24-13-18)17(22)11-21-8-2-7-19-21/h2-8,23H,9-14H2,1H3. The molecule has 1 N–H and O–H groups in total. The van der Waals surface area contributed by atoms with Crippen LogP contribution in [0.2, 0.25) is 0 Å². The highest BCUT2D eigenvalue weighted by Crippen LogP contribution is 2.17. The number of β-amino-alcohol motifs (C(OH)–C–C–N with tert-alkyl or cyclic N) is 1. The lowest BCUT2D eigenvalue weighted by Gasteiger charge is -2.30. The molecule has 1 unspecified atom stereocenters. The molecule has 2 heterocycles. The van der Waals surface area contributed by atoms with Crippen LogP contribution in [0.5, 0.6) is 5.75 Å². The Labute approximate surface area is 146 Å². The highest BCUT2D eigenvalue weighted by molar-refractivity contribution is 5.76. The summed E-state index contributed by atoms with van der Waals surface area (Å²) in [6.07, 6.45) is 3.36. The van der Waals surface area contributed by atoms with Crippen LogP contribution in [0.15, 0.2) is 42.7 Å². The number of benzene rings is 1. The molecule has 134 valence electrons. The van der Waals surface area contributed by atoms with Crippen LogP contribution in [-0.2, 0) is 16.1 Å². The number of ether oxygens (including phenoxy) is 2. The van der Waals surface area contributed by atoms with Crippen molar-refractivity contribution in [3.63, 3.8) is 0 Å². The summed E-state index contributed by atoms with van der Waals surface area (Å²) in [6, 6.07) is 9.38. The third kappa shape index (κ3) is 4.80. The van der Waals surface area contributed by atoms with Gasteiger partial charge in [-0.15, -0.1) is 0 Å². The molecule has 1 saturated heterocycles. The lowest BCUT2D eigenvalue weighted by atomic mass is 10.1. The van der Waals surface area contributed by atoms with Gasteiger partial charge in [-0.1, -0.05) is 17.7 Å². The van der Waals surface area contributed by atoms with E-state index in [1.807, 2.05) is 31.2 Å². The quantitative estimate of drug-likeness (QED) is 0.870. The van der Waals surface area contributed by atoms with Gasteiger partial charge in [-0.05, 0) is 25.1 Å². The fraction of sp³-hybridized carbons (Fsp3) is 0.444. The summed E-state index contributed by atoms with van der Waals surface area (Å²) in [5.74, 6) is 0.570. The average molecular weight is 345 g/mol. The zero-order chi connectivity index (χ0) is 17.7. The lowest BCUT2D eigenvalue weighted by Crippen LogP contribution is -2.50. The number of nitrogens with zero attached hydrogens (tertiary/aromatic N) is 3. The van der Waals surface area contributed by atoms with E-state index in [1.54, 1.807) is 28.0 Å². The van der Waals surface area contributed by atoms with E-state index in [0.717, 1.165) is 5.56 Å². The average Bonchev–Trinajstić information content (AvgIpc) is 3.02. The predicted molar refractivity (Wildman–Crippen MR) is 91.2 cm³/mol. The van der Waals surface area contributed by atoms with Gasteiger partial charge in [0.15, 0.2) is 0 Å². The van der Waals surface area contributed by atoms with Crippen molar-refractivity contribution in [1.29, 1.82) is 0 Å². The van der Waals surface area contributed by atoms with E-state index in [1.165, 1.54) is 0 Å². The summed E-state index contributed by atoms with van der Waals surface area (Å²) < 4.78 is 12.8. The third-order valence-electron chi connectivity index (χ3n) is 4.10. The molecule has 0 saturated carbocycles. The minimum absolute atomic E-state index is 0.0572. The summed E-state index contributed by atoms with van der Waals surface area (Å²) in [5, 5.41) is 14.9. The molecule has 2 aromatic rings. The first-order chi connectivity index (χ1) is 12.0. The largest absolute Gasteiger partial charge is 0.490 e. The van der Waals surface area contributed by atoms with E-state index in [4.69, 9.17) is 9.47 Å². The molecular formula is C18H23N3O4. The molecule has 1 aliphatic rings. The molecule has 0 spiro atoms. The minimum Gasteiger partial charge on any atom is -0.490 e. The molecule has 0 radical (unpaired) electrons. The van der Waals surface area contributed by atoms with Crippen LogP contribution in [-0.4, -0.2) is 64.2 Å². The molecule has 25 heavy (non-hydrogen) atoms. The Kier molecular flexibility index (Phi) is 5.35. The Morgan fingerprint density at radius 1 is 1.40 bits per heavy atom. The van der Waals surface area contributed by atoms with Crippen molar-refractivity contribution < 1.29 is 19.4 Å². The monoisotopic (exact) mass is 345 g/mol. The highest BCUT2D eigenvalue weighted by atomic mass is 16.5. The van der Waals surface area contributed by atoms with Gasteiger partial charge in [-0.3, -0.25) is 9.48 Å². The number of hydrogen-bond acceptors (Lipinski definition) is 5. The number of hydrogen-bond donors (Lipinski definition) is 1. The second kappa shape index (κ2) is 7.67. The maximum absolute atomic E-state index is 12.5. The smallest absolute Gasteiger partial charge is 0.244 e. The maximum Gasteiger partial charge on any atom is 0.244 e. The van der Waals surface area contributed by atoms with Gasteiger partial charge >= 0.3 is 0 Å². The number of aromatic nitrogens is 2. The van der Waals surface area contributed by atoms with Crippen LogP contribution in [0, 0.1) is 6.92 Å². The number of rotatable bonds is 5. The summed E-state index contributed by atoms with van der Waals surface area (Å²) in [4.78, 5) is 14.1. The summed E-state index contributed by atoms with van der Waals surface area (Å²) >= 11 is 0. The molecule has 7 heteroatoms. The zero-order valence-electron chi connectivity index (χ0n) is 14.3. The first-order valence-electron chi connectivity index (χ1n) is 8.29. The normalized spacial score (nSPS) is 21.0. The molecule has 1 aromatic carbocycles. The summed E-state index contributed by atoms with van der Waals surface area (Å²) in [6.45, 7) is 3.32. The van der Waals surface area contributed by atoms with Gasteiger partial charge in [0.25, 0.3) is 0 Å². The van der Waals surface area contributed by atoms with Crippen LogP contribution >= 0.6 is 0 Å². The first-order valence-corrected chi connectivity index (χ1v) is 8.29. The molecule has 7 nitrogen and oxygen atoms in total. The molecule has 3 rings (SSSR count). The third-order valence-corrected chi connectivity index (χ3v) is 4.10. The van der Waals surface area contributed by atoms with E-state index < -0.39 is 5.60 Å². The molecule has 1 aliphatic heterocycles. The predicted octanol–water partition coefficient (Wildman–Crippen LogP) is 0.860. The number of carbonyl (C=O) groups is 1. The van der Waals surface area contributed by atoms with Crippen molar-refractivity contribution in [3.05, 3.63) is 48.3 Å². The Morgan fingerprint density at radius 2 is 2.20 bits per heavy atom. The van der Waals surface area contributed by atoms with Gasteiger partial charge in [0.1, 0.15) is 24.5 Å². The van der Waals surface area contributed by atoms with Crippen LogP contribution in [0.4, 0.5) is 0 Å². The topological polar surface area (TPSA) is 76.8 Å². The molecule has 1 atom stereocenters. The number of carbonyl (C=O) groups excluding carboxylic acids is 1. The molecule has 1 amide bonds. The van der Waals surface area contributed by atoms with Gasteiger partial charge in [-0.25, -0.2) is 0 Å². The fourth-order valence-corrected chi connectivity index (χ4v) is 2.70. The molecule has 0 aliphatic carbocycles. The van der Waals surface area contributed by atoms with Crippen molar-refractivity contribution in [3.8, 4) is 5.75 Å². The maximum atomic E-state index is 12.5. The molecule has 1 aromatic heterocycles. The molecule has 1 fully saturated rings. The van der Waals surface area contributed by atoms with E-state index in [9.17, 15) is 9.90 Å². The first kappa shape index (κ1) is 17.4. The van der Waals surface area contributed by atoms with Gasteiger partial charge in [0.2, 0.25) is 5.91 Å². The summed E-state index contributed by atoms with van der Waals surface area (Å²) in [5.41, 5.74) is -0.111. The fourth-order valence-electron chi connectivity index (χ4n) is 2.70. The molecular weight excluding hydrogens is 322 g/mol. The van der Waals surface area contributed by atoms with Crippen molar-refractivity contribution in [2.75, 3.05) is 32.9 Å². The van der Waals surface area contributed by atoms with Gasteiger partial charge in [0, 0.05) is 18.9 Å². The Balaban J connectivity index is 1.61. The number of aliphatic hydroxyl groups is 1. The SMILES string of the molecule is Cc1ccc(OCC2(O)COCCN(C(=O)Cn3cccn3)C2)cc1. The van der Waals surface area contributed by atoms with Crippen LogP contribution in [0.25, 0.3) is 0 Å². The van der Waals surface area contributed by atoms with E-state index >= 15 is 0 Å². The Bertz CT molecular complexity index is 687. The lowest BCUT2D eigenvalue weighted by molar-refractivity contribution is -0.135. The van der Waals surface area contributed by atoms with Crippen molar-refractivity contribution in [2.24, 2.45) is 0 Å². The van der Waals surface area contributed by atoms with Crippen LogP contribution in [0.3, 0.4) is 0 Å². The summed E-state index contributed by atoms with van der Waals surface area (Å²) in [7, 11) is 0. The van der Waals surface area contributed by atoms with Gasteiger partial charge in [0.05, 0.1) is 19.8 Å². The van der Waals surface area contributed by atoms with E-state index in [2.05, 4.69) is 5.10 Å².